The van der Waals surface area contributed by atoms with Gasteiger partial charge in [0.05, 0.1) is 18.3 Å². The monoisotopic (exact) mass is 379 g/mol. The van der Waals surface area contributed by atoms with Gasteiger partial charge in [0.25, 0.3) is 0 Å². The Labute approximate surface area is 165 Å². The Balaban J connectivity index is 1.46. The fourth-order valence-corrected chi connectivity index (χ4v) is 7.89. The molecule has 9 atom stereocenters. The predicted octanol–water partition coefficient (Wildman–Crippen LogP) is 3.36. The highest BCUT2D eigenvalue weighted by Gasteiger charge is 2.62. The molecule has 0 amide bonds. The summed E-state index contributed by atoms with van der Waals surface area (Å²) in [5.41, 5.74) is 0.347. The van der Waals surface area contributed by atoms with Crippen molar-refractivity contribution in [3.05, 3.63) is 0 Å². The second kappa shape index (κ2) is 7.59. The molecule has 0 heterocycles. The summed E-state index contributed by atoms with van der Waals surface area (Å²) in [6.45, 7) is 6.63. The molecule has 0 saturated heterocycles. The molecule has 0 aromatic rings. The number of nitrogens with one attached hydrogen (secondary N) is 1. The highest BCUT2D eigenvalue weighted by molar-refractivity contribution is 5.11. The molecule has 4 fully saturated rings. The van der Waals surface area contributed by atoms with Gasteiger partial charge in [-0.05, 0) is 106 Å². The quantitative estimate of drug-likeness (QED) is 0.641. The predicted molar refractivity (Wildman–Crippen MR) is 107 cm³/mol. The van der Waals surface area contributed by atoms with Crippen LogP contribution < -0.4 is 5.32 Å². The first-order chi connectivity index (χ1) is 12.9. The zero-order chi connectivity index (χ0) is 19.2. The lowest BCUT2D eigenvalue weighted by atomic mass is 9.44. The standard InChI is InChI=1S/C23H41NO3/c1-22-9-7-15(27-12-4-11-24-3)13-19(22)20(25)14-16-17-5-6-21(26)23(17,2)10-8-18(16)22/h15-21,24-26H,4-14H2,1-3H3/t15?,16-,17-,18+,19?,20?,21?,22+,23-/m0/s1. The zero-order valence-electron chi connectivity index (χ0n) is 17.6. The van der Waals surface area contributed by atoms with Crippen molar-refractivity contribution in [3.8, 4) is 0 Å². The highest BCUT2D eigenvalue weighted by atomic mass is 16.5. The van der Waals surface area contributed by atoms with Gasteiger partial charge in [0.15, 0.2) is 0 Å². The smallest absolute Gasteiger partial charge is 0.0596 e. The molecule has 4 heteroatoms. The molecule has 4 rings (SSSR count). The Morgan fingerprint density at radius 3 is 2.44 bits per heavy atom. The lowest BCUT2D eigenvalue weighted by Crippen LogP contribution is -2.58. The number of aliphatic hydroxyl groups is 2. The van der Waals surface area contributed by atoms with E-state index in [9.17, 15) is 10.2 Å². The molecule has 0 aromatic carbocycles. The molecule has 3 N–H and O–H groups in total. The average molecular weight is 380 g/mol. The molecule has 4 aliphatic carbocycles. The van der Waals surface area contributed by atoms with E-state index in [-0.39, 0.29) is 23.0 Å². The topological polar surface area (TPSA) is 61.7 Å². The second-order valence-corrected chi connectivity index (χ2v) is 10.7. The van der Waals surface area contributed by atoms with Crippen molar-refractivity contribution in [2.75, 3.05) is 20.2 Å². The summed E-state index contributed by atoms with van der Waals surface area (Å²) in [5.74, 6) is 2.32. The molecule has 0 spiro atoms. The van der Waals surface area contributed by atoms with E-state index < -0.39 is 0 Å². The lowest BCUT2D eigenvalue weighted by molar-refractivity contribution is -0.179. The average Bonchev–Trinajstić information content (AvgIpc) is 2.95. The fraction of sp³-hybridized carbons (Fsp3) is 1.00. The van der Waals surface area contributed by atoms with Crippen LogP contribution in [0.3, 0.4) is 0 Å². The first kappa shape index (κ1) is 20.1. The number of aliphatic hydroxyl groups excluding tert-OH is 2. The van der Waals surface area contributed by atoms with Crippen molar-refractivity contribution in [2.45, 2.75) is 89.9 Å². The molecule has 27 heavy (non-hydrogen) atoms. The largest absolute Gasteiger partial charge is 0.393 e. The van der Waals surface area contributed by atoms with E-state index in [1.807, 2.05) is 7.05 Å². The number of ether oxygens (including phenoxy) is 1. The van der Waals surface area contributed by atoms with Gasteiger partial charge < -0.3 is 20.3 Å². The molecular weight excluding hydrogens is 338 g/mol. The van der Waals surface area contributed by atoms with Gasteiger partial charge in [-0.15, -0.1) is 0 Å². The minimum absolute atomic E-state index is 0.0950. The number of hydrogen-bond donors (Lipinski definition) is 3. The summed E-state index contributed by atoms with van der Waals surface area (Å²) in [4.78, 5) is 0. The van der Waals surface area contributed by atoms with Crippen molar-refractivity contribution in [1.82, 2.24) is 5.32 Å². The van der Waals surface area contributed by atoms with E-state index >= 15 is 0 Å². The van der Waals surface area contributed by atoms with Crippen LogP contribution in [0.25, 0.3) is 0 Å². The van der Waals surface area contributed by atoms with Crippen molar-refractivity contribution in [2.24, 2.45) is 34.5 Å². The first-order valence-electron chi connectivity index (χ1n) is 11.5. The Kier molecular flexibility index (Phi) is 5.66. The van der Waals surface area contributed by atoms with Crippen LogP contribution in [0.2, 0.25) is 0 Å². The van der Waals surface area contributed by atoms with Crippen LogP contribution in [-0.2, 0) is 4.74 Å². The Morgan fingerprint density at radius 1 is 0.926 bits per heavy atom. The van der Waals surface area contributed by atoms with Crippen LogP contribution in [0.4, 0.5) is 0 Å². The van der Waals surface area contributed by atoms with Crippen LogP contribution >= 0.6 is 0 Å². The van der Waals surface area contributed by atoms with Gasteiger partial charge in [0, 0.05) is 6.61 Å². The summed E-state index contributed by atoms with van der Waals surface area (Å²) in [6.07, 6.45) is 9.91. The molecule has 4 nitrogen and oxygen atoms in total. The Morgan fingerprint density at radius 2 is 1.67 bits per heavy atom. The van der Waals surface area contributed by atoms with Gasteiger partial charge in [-0.1, -0.05) is 13.8 Å². The van der Waals surface area contributed by atoms with E-state index in [2.05, 4.69) is 19.2 Å². The Bertz CT molecular complexity index is 528. The first-order valence-corrected chi connectivity index (χ1v) is 11.5. The summed E-state index contributed by atoms with van der Waals surface area (Å²) in [5, 5.41) is 25.0. The number of rotatable bonds is 5. The highest BCUT2D eigenvalue weighted by Crippen LogP contribution is 2.66. The maximum atomic E-state index is 11.2. The molecule has 4 unspecified atom stereocenters. The number of fused-ring (bicyclic) bond motifs is 5. The SMILES string of the molecule is CNCCCOC1CC[C@@]2(C)C(C1)C(O)C[C@@H]1[C@H]2CC[C@]2(C)C(O)CC[C@@H]12. The van der Waals surface area contributed by atoms with Gasteiger partial charge in [-0.3, -0.25) is 0 Å². The summed E-state index contributed by atoms with van der Waals surface area (Å²) in [6, 6.07) is 0. The third-order valence-electron chi connectivity index (χ3n) is 9.51. The zero-order valence-corrected chi connectivity index (χ0v) is 17.6. The van der Waals surface area contributed by atoms with Crippen molar-refractivity contribution in [3.63, 3.8) is 0 Å². The molecule has 156 valence electrons. The van der Waals surface area contributed by atoms with Gasteiger partial charge in [-0.25, -0.2) is 0 Å². The van der Waals surface area contributed by atoms with E-state index in [1.165, 1.54) is 19.3 Å². The van der Waals surface area contributed by atoms with Crippen LogP contribution in [0.5, 0.6) is 0 Å². The van der Waals surface area contributed by atoms with Crippen LogP contribution in [0, 0.1) is 34.5 Å². The fourth-order valence-electron chi connectivity index (χ4n) is 7.89. The van der Waals surface area contributed by atoms with E-state index in [0.29, 0.717) is 23.9 Å². The minimum atomic E-state index is -0.194. The molecule has 0 aliphatic heterocycles. The molecule has 0 radical (unpaired) electrons. The molecule has 4 aliphatic rings. The Hall–Kier alpha value is -0.160. The summed E-state index contributed by atoms with van der Waals surface area (Å²) in [7, 11) is 1.99. The molecule has 0 aromatic heterocycles. The van der Waals surface area contributed by atoms with E-state index in [1.54, 1.807) is 0 Å². The minimum Gasteiger partial charge on any atom is -0.393 e. The van der Waals surface area contributed by atoms with E-state index in [4.69, 9.17) is 4.74 Å². The van der Waals surface area contributed by atoms with Crippen molar-refractivity contribution in [1.29, 1.82) is 0 Å². The van der Waals surface area contributed by atoms with Crippen LogP contribution in [0.15, 0.2) is 0 Å². The lowest BCUT2D eigenvalue weighted by Gasteiger charge is -2.62. The maximum absolute atomic E-state index is 11.2. The normalized spacial score (nSPS) is 52.1. The van der Waals surface area contributed by atoms with Crippen LogP contribution in [-0.4, -0.2) is 48.7 Å². The van der Waals surface area contributed by atoms with Crippen molar-refractivity contribution >= 4 is 0 Å². The van der Waals surface area contributed by atoms with Gasteiger partial charge in [0.2, 0.25) is 0 Å². The van der Waals surface area contributed by atoms with Crippen LogP contribution in [0.1, 0.15) is 71.6 Å². The molecule has 4 saturated carbocycles. The third-order valence-corrected chi connectivity index (χ3v) is 9.51. The summed E-state index contributed by atoms with van der Waals surface area (Å²) >= 11 is 0. The molecular formula is C23H41NO3. The number of hydrogen-bond acceptors (Lipinski definition) is 4. The van der Waals surface area contributed by atoms with E-state index in [0.717, 1.165) is 57.6 Å². The van der Waals surface area contributed by atoms with Crippen molar-refractivity contribution < 1.29 is 14.9 Å². The van der Waals surface area contributed by atoms with Gasteiger partial charge >= 0.3 is 0 Å². The molecule has 0 bridgehead atoms. The third kappa shape index (κ3) is 3.29. The maximum Gasteiger partial charge on any atom is 0.0596 e. The second-order valence-electron chi connectivity index (χ2n) is 10.7. The summed E-state index contributed by atoms with van der Waals surface area (Å²) < 4.78 is 6.18. The van der Waals surface area contributed by atoms with Gasteiger partial charge in [-0.2, -0.15) is 0 Å². The van der Waals surface area contributed by atoms with Gasteiger partial charge in [0.1, 0.15) is 0 Å².